The van der Waals surface area contributed by atoms with Crippen molar-refractivity contribution >= 4 is 18.1 Å². The maximum absolute atomic E-state index is 11.5. The predicted molar refractivity (Wildman–Crippen MR) is 74.7 cm³/mol. The van der Waals surface area contributed by atoms with Crippen molar-refractivity contribution in [3.05, 3.63) is 17.7 Å². The summed E-state index contributed by atoms with van der Waals surface area (Å²) in [5, 5.41) is 11.0. The number of hydrogen-bond acceptors (Lipinski definition) is 6. The molecule has 0 saturated heterocycles. The maximum atomic E-state index is 11.5. The van der Waals surface area contributed by atoms with Crippen molar-refractivity contribution in [3.8, 4) is 17.6 Å². The highest BCUT2D eigenvalue weighted by molar-refractivity contribution is 5.89. The van der Waals surface area contributed by atoms with E-state index >= 15 is 0 Å². The van der Waals surface area contributed by atoms with Crippen LogP contribution < -0.4 is 14.8 Å². The number of hydrogen-bond donors (Lipinski definition) is 1. The van der Waals surface area contributed by atoms with E-state index in [1.165, 1.54) is 19.2 Å². The molecule has 1 aromatic carbocycles. The van der Waals surface area contributed by atoms with Gasteiger partial charge in [0.2, 0.25) is 0 Å². The van der Waals surface area contributed by atoms with Crippen LogP contribution in [0, 0.1) is 11.3 Å². The summed E-state index contributed by atoms with van der Waals surface area (Å²) >= 11 is 0. The lowest BCUT2D eigenvalue weighted by atomic mass is 10.1. The number of aldehydes is 1. The zero-order chi connectivity index (χ0) is 15.8. The van der Waals surface area contributed by atoms with Crippen molar-refractivity contribution in [2.75, 3.05) is 19.0 Å². The van der Waals surface area contributed by atoms with E-state index in [9.17, 15) is 9.59 Å². The Morgan fingerprint density at radius 1 is 1.48 bits per heavy atom. The van der Waals surface area contributed by atoms with E-state index in [0.717, 1.165) is 0 Å². The number of amides is 1. The number of nitriles is 1. The lowest BCUT2D eigenvalue weighted by molar-refractivity contribution is 0.111. The highest BCUT2D eigenvalue weighted by atomic mass is 16.6. The molecule has 0 spiro atoms. The number of rotatable bonds is 6. The summed E-state index contributed by atoms with van der Waals surface area (Å²) in [4.78, 5) is 22.7. The van der Waals surface area contributed by atoms with E-state index in [-0.39, 0.29) is 29.8 Å². The summed E-state index contributed by atoms with van der Waals surface area (Å²) in [6.45, 7) is 3.21. The van der Waals surface area contributed by atoms with Gasteiger partial charge in [0.15, 0.2) is 24.4 Å². The average Bonchev–Trinajstić information content (AvgIpc) is 2.43. The smallest absolute Gasteiger partial charge is 0.411 e. The predicted octanol–water partition coefficient (Wildman–Crippen LogP) is 2.37. The molecule has 0 unspecified atom stereocenters. The van der Waals surface area contributed by atoms with Crippen LogP contribution in [0.4, 0.5) is 10.5 Å². The van der Waals surface area contributed by atoms with Gasteiger partial charge in [-0.15, -0.1) is 0 Å². The molecule has 0 atom stereocenters. The van der Waals surface area contributed by atoms with E-state index in [2.05, 4.69) is 5.32 Å². The molecule has 1 aromatic rings. The SMILES string of the molecule is COc1cc(NC(=O)OC(C)C)cc(C=O)c1OCC#N. The molecular weight excluding hydrogens is 276 g/mol. The van der Waals surface area contributed by atoms with E-state index in [1.54, 1.807) is 19.9 Å². The van der Waals surface area contributed by atoms with Crippen LogP contribution >= 0.6 is 0 Å². The maximum Gasteiger partial charge on any atom is 0.411 e. The van der Waals surface area contributed by atoms with Crippen LogP contribution in [-0.4, -0.2) is 32.2 Å². The molecule has 21 heavy (non-hydrogen) atoms. The van der Waals surface area contributed by atoms with Crippen molar-refractivity contribution < 1.29 is 23.8 Å². The second-order valence-electron chi connectivity index (χ2n) is 4.24. The van der Waals surface area contributed by atoms with Gasteiger partial charge in [0.1, 0.15) is 6.07 Å². The second kappa shape index (κ2) is 7.75. The Labute approximate surface area is 122 Å². The van der Waals surface area contributed by atoms with Gasteiger partial charge in [-0.25, -0.2) is 4.79 Å². The third-order valence-corrected chi connectivity index (χ3v) is 2.30. The summed E-state index contributed by atoms with van der Waals surface area (Å²) in [5.41, 5.74) is 0.480. The van der Waals surface area contributed by atoms with E-state index < -0.39 is 6.09 Å². The van der Waals surface area contributed by atoms with Crippen LogP contribution in [-0.2, 0) is 4.74 Å². The molecule has 0 bridgehead atoms. The number of nitrogens with zero attached hydrogens (tertiary/aromatic N) is 1. The lowest BCUT2D eigenvalue weighted by Gasteiger charge is -2.14. The van der Waals surface area contributed by atoms with Crippen molar-refractivity contribution in [1.29, 1.82) is 5.26 Å². The number of nitrogens with one attached hydrogen (secondary N) is 1. The summed E-state index contributed by atoms with van der Waals surface area (Å²) in [7, 11) is 1.39. The monoisotopic (exact) mass is 292 g/mol. The first-order valence-electron chi connectivity index (χ1n) is 6.16. The molecule has 0 aliphatic rings. The van der Waals surface area contributed by atoms with E-state index in [4.69, 9.17) is 19.5 Å². The minimum atomic E-state index is -0.644. The van der Waals surface area contributed by atoms with Crippen LogP contribution in [0.3, 0.4) is 0 Å². The molecule has 1 rings (SSSR count). The van der Waals surface area contributed by atoms with Crippen molar-refractivity contribution in [1.82, 2.24) is 0 Å². The zero-order valence-corrected chi connectivity index (χ0v) is 12.0. The van der Waals surface area contributed by atoms with Crippen LogP contribution in [0.25, 0.3) is 0 Å². The average molecular weight is 292 g/mol. The van der Waals surface area contributed by atoms with Gasteiger partial charge in [-0.3, -0.25) is 10.1 Å². The van der Waals surface area contributed by atoms with Crippen molar-refractivity contribution in [2.45, 2.75) is 20.0 Å². The fraction of sp³-hybridized carbons (Fsp3) is 0.357. The number of benzene rings is 1. The van der Waals surface area contributed by atoms with Gasteiger partial charge in [-0.1, -0.05) is 0 Å². The minimum absolute atomic E-state index is 0.150. The Hall–Kier alpha value is -2.75. The molecular formula is C14H16N2O5. The number of carbonyl (C=O) groups is 2. The molecule has 0 heterocycles. The highest BCUT2D eigenvalue weighted by Gasteiger charge is 2.15. The highest BCUT2D eigenvalue weighted by Crippen LogP contribution is 2.34. The zero-order valence-electron chi connectivity index (χ0n) is 12.0. The quantitative estimate of drug-likeness (QED) is 0.808. The van der Waals surface area contributed by atoms with Gasteiger partial charge in [0, 0.05) is 11.8 Å². The summed E-state index contributed by atoms with van der Waals surface area (Å²) in [6, 6.07) is 4.68. The number of ether oxygens (including phenoxy) is 3. The molecule has 1 N–H and O–H groups in total. The van der Waals surface area contributed by atoms with Gasteiger partial charge >= 0.3 is 6.09 Å². The molecule has 0 aliphatic heterocycles. The Morgan fingerprint density at radius 2 is 2.19 bits per heavy atom. The summed E-state index contributed by atoms with van der Waals surface area (Å²) < 4.78 is 15.2. The minimum Gasteiger partial charge on any atom is -0.493 e. The van der Waals surface area contributed by atoms with Crippen LogP contribution in [0.15, 0.2) is 12.1 Å². The molecule has 7 heteroatoms. The largest absolute Gasteiger partial charge is 0.493 e. The summed E-state index contributed by atoms with van der Waals surface area (Å²) in [5.74, 6) is 0.381. The van der Waals surface area contributed by atoms with Gasteiger partial charge in [-0.2, -0.15) is 5.26 Å². The van der Waals surface area contributed by atoms with Gasteiger partial charge in [0.05, 0.1) is 18.8 Å². The third kappa shape index (κ3) is 4.69. The van der Waals surface area contributed by atoms with Crippen molar-refractivity contribution in [3.63, 3.8) is 0 Å². The molecule has 7 nitrogen and oxygen atoms in total. The van der Waals surface area contributed by atoms with Crippen LogP contribution in [0.5, 0.6) is 11.5 Å². The molecule has 112 valence electrons. The Morgan fingerprint density at radius 3 is 2.71 bits per heavy atom. The standard InChI is InChI=1S/C14H16N2O5/c1-9(2)21-14(18)16-11-6-10(8-17)13(20-5-4-15)12(7-11)19-3/h6-9H,5H2,1-3H3,(H,16,18). The summed E-state index contributed by atoms with van der Waals surface area (Å²) in [6.07, 6.45) is -0.362. The van der Waals surface area contributed by atoms with Gasteiger partial charge in [0.25, 0.3) is 0 Å². The van der Waals surface area contributed by atoms with Gasteiger partial charge in [-0.05, 0) is 19.9 Å². The lowest BCUT2D eigenvalue weighted by Crippen LogP contribution is -2.18. The first kappa shape index (κ1) is 16.3. The number of carbonyl (C=O) groups excluding carboxylic acids is 2. The van der Waals surface area contributed by atoms with E-state index in [0.29, 0.717) is 12.0 Å². The fourth-order valence-electron chi connectivity index (χ4n) is 1.56. The first-order chi connectivity index (χ1) is 10.0. The molecule has 0 aromatic heterocycles. The molecule has 1 amide bonds. The first-order valence-corrected chi connectivity index (χ1v) is 6.16. The fourth-order valence-corrected chi connectivity index (χ4v) is 1.56. The Bertz CT molecular complexity index is 563. The number of methoxy groups -OCH3 is 1. The normalized spacial score (nSPS) is 9.67. The molecule has 0 radical (unpaired) electrons. The van der Waals surface area contributed by atoms with Crippen LogP contribution in [0.1, 0.15) is 24.2 Å². The third-order valence-electron chi connectivity index (χ3n) is 2.30. The Balaban J connectivity index is 3.05. The van der Waals surface area contributed by atoms with Gasteiger partial charge < -0.3 is 14.2 Å². The van der Waals surface area contributed by atoms with Crippen molar-refractivity contribution in [2.24, 2.45) is 0 Å². The second-order valence-corrected chi connectivity index (χ2v) is 4.24. The topological polar surface area (TPSA) is 97.7 Å². The Kier molecular flexibility index (Phi) is 6.01. The molecule has 0 fully saturated rings. The van der Waals surface area contributed by atoms with E-state index in [1.807, 2.05) is 0 Å². The number of anilines is 1. The molecule has 0 saturated carbocycles. The molecule has 0 aliphatic carbocycles. The van der Waals surface area contributed by atoms with Crippen LogP contribution in [0.2, 0.25) is 0 Å².